The first-order chi connectivity index (χ1) is 7.91. The van der Waals surface area contributed by atoms with Crippen LogP contribution in [0.5, 0.6) is 0 Å². The summed E-state index contributed by atoms with van der Waals surface area (Å²) in [6, 6.07) is 4.49. The van der Waals surface area contributed by atoms with Gasteiger partial charge in [0, 0.05) is 17.3 Å². The fraction of sp³-hybridized carbons (Fsp3) is 0.462. The largest absolute Gasteiger partial charge is 0.374 e. The molecule has 1 atom stereocenters. The smallest absolute Gasteiger partial charge is 0.242 e. The first-order valence-electron chi connectivity index (χ1n) is 5.74. The van der Waals surface area contributed by atoms with E-state index in [9.17, 15) is 9.18 Å². The van der Waals surface area contributed by atoms with E-state index in [4.69, 9.17) is 0 Å². The van der Waals surface area contributed by atoms with Crippen LogP contribution in [0.4, 0.5) is 10.1 Å². The highest BCUT2D eigenvalue weighted by molar-refractivity contribution is 5.84. The van der Waals surface area contributed by atoms with Gasteiger partial charge in [0.15, 0.2) is 0 Å². The van der Waals surface area contributed by atoms with Crippen LogP contribution >= 0.6 is 0 Å². The van der Waals surface area contributed by atoms with Gasteiger partial charge in [-0.05, 0) is 39.8 Å². The zero-order valence-corrected chi connectivity index (χ0v) is 10.7. The lowest BCUT2D eigenvalue weighted by Crippen LogP contribution is -2.41. The van der Waals surface area contributed by atoms with Crippen molar-refractivity contribution >= 4 is 11.6 Å². The number of hydrogen-bond acceptors (Lipinski definition) is 2. The number of carbonyl (C=O) groups is 1. The average molecular weight is 238 g/mol. The van der Waals surface area contributed by atoms with Crippen LogP contribution in [-0.4, -0.2) is 18.0 Å². The van der Waals surface area contributed by atoms with E-state index in [-0.39, 0.29) is 17.8 Å². The molecular formula is C13H19FN2O. The number of anilines is 1. The molecule has 1 unspecified atom stereocenters. The summed E-state index contributed by atoms with van der Waals surface area (Å²) in [4.78, 5) is 11.7. The molecule has 0 bridgehead atoms. The molecule has 0 spiro atoms. The highest BCUT2D eigenvalue weighted by Gasteiger charge is 2.14. The van der Waals surface area contributed by atoms with Crippen molar-refractivity contribution in [2.45, 2.75) is 39.8 Å². The van der Waals surface area contributed by atoms with Crippen LogP contribution in [0.1, 0.15) is 26.3 Å². The van der Waals surface area contributed by atoms with E-state index < -0.39 is 6.04 Å². The van der Waals surface area contributed by atoms with Gasteiger partial charge in [-0.25, -0.2) is 4.39 Å². The van der Waals surface area contributed by atoms with E-state index in [2.05, 4.69) is 10.6 Å². The molecule has 4 heteroatoms. The molecule has 1 aromatic rings. The van der Waals surface area contributed by atoms with Gasteiger partial charge < -0.3 is 10.6 Å². The highest BCUT2D eigenvalue weighted by Crippen LogP contribution is 2.18. The first-order valence-corrected chi connectivity index (χ1v) is 5.74. The summed E-state index contributed by atoms with van der Waals surface area (Å²) in [6.45, 7) is 7.24. The molecular weight excluding hydrogens is 219 g/mol. The van der Waals surface area contributed by atoms with E-state index in [0.29, 0.717) is 11.3 Å². The Kier molecular flexibility index (Phi) is 4.49. The molecule has 0 aliphatic heterocycles. The van der Waals surface area contributed by atoms with Crippen LogP contribution < -0.4 is 10.6 Å². The maximum absolute atomic E-state index is 13.3. The first kappa shape index (κ1) is 13.5. The topological polar surface area (TPSA) is 41.1 Å². The van der Waals surface area contributed by atoms with Crippen molar-refractivity contribution in [3.63, 3.8) is 0 Å². The maximum Gasteiger partial charge on any atom is 0.242 e. The standard InChI is InChI=1S/C13H19FN2O/c1-8(2)15-13(17)10(4)16-12-7-5-6-11(14)9(12)3/h5-8,10,16H,1-4H3,(H,15,17). The second kappa shape index (κ2) is 5.66. The molecule has 1 aromatic carbocycles. The third kappa shape index (κ3) is 3.73. The van der Waals surface area contributed by atoms with Crippen LogP contribution in [0.15, 0.2) is 18.2 Å². The van der Waals surface area contributed by atoms with Crippen LogP contribution in [0, 0.1) is 12.7 Å². The number of nitrogens with one attached hydrogen (secondary N) is 2. The quantitative estimate of drug-likeness (QED) is 0.846. The van der Waals surface area contributed by atoms with Gasteiger partial charge in [-0.3, -0.25) is 4.79 Å². The van der Waals surface area contributed by atoms with E-state index in [1.165, 1.54) is 6.07 Å². The second-order valence-electron chi connectivity index (χ2n) is 4.44. The van der Waals surface area contributed by atoms with E-state index in [1.54, 1.807) is 26.0 Å². The normalized spacial score (nSPS) is 12.4. The molecule has 2 N–H and O–H groups in total. The molecule has 0 aliphatic carbocycles. The minimum Gasteiger partial charge on any atom is -0.374 e. The van der Waals surface area contributed by atoms with Crippen molar-refractivity contribution in [2.24, 2.45) is 0 Å². The van der Waals surface area contributed by atoms with Gasteiger partial charge in [0.05, 0.1) is 0 Å². The Morgan fingerprint density at radius 3 is 2.53 bits per heavy atom. The lowest BCUT2D eigenvalue weighted by Gasteiger charge is -2.18. The summed E-state index contributed by atoms with van der Waals surface area (Å²) in [6.07, 6.45) is 0. The maximum atomic E-state index is 13.3. The van der Waals surface area contributed by atoms with Crippen LogP contribution in [-0.2, 0) is 4.79 Å². The Labute approximate surface area is 101 Å². The molecule has 17 heavy (non-hydrogen) atoms. The molecule has 0 saturated carbocycles. The zero-order chi connectivity index (χ0) is 13.0. The predicted molar refractivity (Wildman–Crippen MR) is 67.5 cm³/mol. The second-order valence-corrected chi connectivity index (χ2v) is 4.44. The third-order valence-corrected chi connectivity index (χ3v) is 2.46. The van der Waals surface area contributed by atoms with Crippen molar-refractivity contribution < 1.29 is 9.18 Å². The lowest BCUT2D eigenvalue weighted by atomic mass is 10.1. The molecule has 0 radical (unpaired) electrons. The van der Waals surface area contributed by atoms with Gasteiger partial charge in [-0.15, -0.1) is 0 Å². The van der Waals surface area contributed by atoms with Gasteiger partial charge >= 0.3 is 0 Å². The number of rotatable bonds is 4. The van der Waals surface area contributed by atoms with E-state index in [1.807, 2.05) is 13.8 Å². The molecule has 94 valence electrons. The Morgan fingerprint density at radius 2 is 1.94 bits per heavy atom. The summed E-state index contributed by atoms with van der Waals surface area (Å²) in [5.74, 6) is -0.366. The van der Waals surface area contributed by atoms with Crippen molar-refractivity contribution in [1.29, 1.82) is 0 Å². The zero-order valence-electron chi connectivity index (χ0n) is 10.7. The Balaban J connectivity index is 2.71. The van der Waals surface area contributed by atoms with Gasteiger partial charge in [0.25, 0.3) is 0 Å². The molecule has 0 aromatic heterocycles. The minimum absolute atomic E-state index is 0.0938. The van der Waals surface area contributed by atoms with Gasteiger partial charge in [-0.2, -0.15) is 0 Å². The van der Waals surface area contributed by atoms with Crippen LogP contribution in [0.2, 0.25) is 0 Å². The summed E-state index contributed by atoms with van der Waals surface area (Å²) in [5.41, 5.74) is 1.17. The lowest BCUT2D eigenvalue weighted by molar-refractivity contribution is -0.122. The minimum atomic E-state index is -0.391. The van der Waals surface area contributed by atoms with Crippen molar-refractivity contribution in [3.8, 4) is 0 Å². The molecule has 3 nitrogen and oxygen atoms in total. The fourth-order valence-electron chi connectivity index (χ4n) is 1.47. The van der Waals surface area contributed by atoms with Crippen molar-refractivity contribution in [3.05, 3.63) is 29.6 Å². The van der Waals surface area contributed by atoms with E-state index >= 15 is 0 Å². The molecule has 0 aliphatic rings. The fourth-order valence-corrected chi connectivity index (χ4v) is 1.47. The number of amides is 1. The number of benzene rings is 1. The van der Waals surface area contributed by atoms with Crippen molar-refractivity contribution in [1.82, 2.24) is 5.32 Å². The summed E-state index contributed by atoms with van der Waals surface area (Å²) in [5, 5.41) is 5.81. The molecule has 0 heterocycles. The average Bonchev–Trinajstić information content (AvgIpc) is 2.23. The van der Waals surface area contributed by atoms with E-state index in [0.717, 1.165) is 0 Å². The summed E-state index contributed by atoms with van der Waals surface area (Å²) < 4.78 is 13.3. The Hall–Kier alpha value is -1.58. The SMILES string of the molecule is Cc1c(F)cccc1NC(C)C(=O)NC(C)C. The van der Waals surface area contributed by atoms with Crippen LogP contribution in [0.25, 0.3) is 0 Å². The molecule has 1 amide bonds. The van der Waals surface area contributed by atoms with Crippen molar-refractivity contribution in [2.75, 3.05) is 5.32 Å². The Morgan fingerprint density at radius 1 is 1.29 bits per heavy atom. The van der Waals surface area contributed by atoms with Gasteiger partial charge in [0.2, 0.25) is 5.91 Å². The number of carbonyl (C=O) groups excluding carboxylic acids is 1. The van der Waals surface area contributed by atoms with Gasteiger partial charge in [0.1, 0.15) is 11.9 Å². The summed E-state index contributed by atoms with van der Waals surface area (Å²) in [7, 11) is 0. The molecule has 0 saturated heterocycles. The Bertz CT molecular complexity index is 404. The third-order valence-electron chi connectivity index (χ3n) is 2.46. The predicted octanol–water partition coefficient (Wildman–Crippen LogP) is 2.46. The monoisotopic (exact) mass is 238 g/mol. The van der Waals surface area contributed by atoms with Gasteiger partial charge in [-0.1, -0.05) is 6.07 Å². The number of halogens is 1. The summed E-state index contributed by atoms with van der Waals surface area (Å²) >= 11 is 0. The number of hydrogen-bond donors (Lipinski definition) is 2. The highest BCUT2D eigenvalue weighted by atomic mass is 19.1. The molecule has 1 rings (SSSR count). The molecule has 0 fully saturated rings. The van der Waals surface area contributed by atoms with Crippen LogP contribution in [0.3, 0.4) is 0 Å².